The third-order valence-electron chi connectivity index (χ3n) is 2.60. The average Bonchev–Trinajstić information content (AvgIpc) is 2.90. The third kappa shape index (κ3) is 3.82. The lowest BCUT2D eigenvalue weighted by molar-refractivity contribution is 0.199. The minimum absolute atomic E-state index is 0.320. The molecular formula is C13H16N4O2. The summed E-state index contributed by atoms with van der Waals surface area (Å²) in [6, 6.07) is 6.76. The van der Waals surface area contributed by atoms with Gasteiger partial charge in [0.25, 0.3) is 0 Å². The number of rotatable bonds is 4. The van der Waals surface area contributed by atoms with Crippen LogP contribution in [0, 0.1) is 0 Å². The first-order chi connectivity index (χ1) is 9.15. The zero-order chi connectivity index (χ0) is 13.7. The Hall–Kier alpha value is -2.34. The SMILES string of the molecule is CC(O)c1cccc(NC(=O)NCc2ncc[nH]2)c1. The number of nitrogens with one attached hydrogen (secondary N) is 3. The Morgan fingerprint density at radius 1 is 1.53 bits per heavy atom. The number of aliphatic hydroxyl groups is 1. The van der Waals surface area contributed by atoms with Crippen molar-refractivity contribution in [3.8, 4) is 0 Å². The van der Waals surface area contributed by atoms with Crippen molar-refractivity contribution in [3.63, 3.8) is 0 Å². The van der Waals surface area contributed by atoms with Gasteiger partial charge in [-0.3, -0.25) is 0 Å². The van der Waals surface area contributed by atoms with Gasteiger partial charge in [-0.15, -0.1) is 0 Å². The van der Waals surface area contributed by atoms with Gasteiger partial charge in [0.1, 0.15) is 5.82 Å². The number of benzene rings is 1. The molecule has 19 heavy (non-hydrogen) atoms. The average molecular weight is 260 g/mol. The van der Waals surface area contributed by atoms with Gasteiger partial charge in [-0.05, 0) is 24.6 Å². The van der Waals surface area contributed by atoms with Crippen LogP contribution in [-0.4, -0.2) is 21.1 Å². The fraction of sp³-hybridized carbons (Fsp3) is 0.231. The summed E-state index contributed by atoms with van der Waals surface area (Å²) in [5.41, 5.74) is 1.39. The Labute approximate surface area is 110 Å². The summed E-state index contributed by atoms with van der Waals surface area (Å²) in [7, 11) is 0. The Kier molecular flexibility index (Phi) is 4.15. The number of aromatic amines is 1. The first-order valence-electron chi connectivity index (χ1n) is 5.96. The van der Waals surface area contributed by atoms with Crippen LogP contribution in [0.2, 0.25) is 0 Å². The van der Waals surface area contributed by atoms with Crippen molar-refractivity contribution >= 4 is 11.7 Å². The molecule has 0 saturated heterocycles. The number of carbonyl (C=O) groups is 1. The number of anilines is 1. The molecule has 2 rings (SSSR count). The van der Waals surface area contributed by atoms with Crippen LogP contribution in [0.4, 0.5) is 10.5 Å². The topological polar surface area (TPSA) is 90.0 Å². The first-order valence-corrected chi connectivity index (χ1v) is 5.96. The van der Waals surface area contributed by atoms with Crippen LogP contribution >= 0.6 is 0 Å². The molecule has 1 heterocycles. The Balaban J connectivity index is 1.89. The van der Waals surface area contributed by atoms with Crippen LogP contribution in [0.3, 0.4) is 0 Å². The molecule has 2 aromatic rings. The molecule has 0 spiro atoms. The summed E-state index contributed by atoms with van der Waals surface area (Å²) in [5.74, 6) is 0.688. The largest absolute Gasteiger partial charge is 0.389 e. The number of imidazole rings is 1. The summed E-state index contributed by atoms with van der Waals surface area (Å²) in [6.07, 6.45) is 2.76. The highest BCUT2D eigenvalue weighted by Crippen LogP contribution is 2.16. The van der Waals surface area contributed by atoms with Gasteiger partial charge in [0.15, 0.2) is 0 Å². The molecule has 0 saturated carbocycles. The van der Waals surface area contributed by atoms with E-state index in [1.807, 2.05) is 0 Å². The smallest absolute Gasteiger partial charge is 0.319 e. The number of hydrogen-bond donors (Lipinski definition) is 4. The minimum Gasteiger partial charge on any atom is -0.389 e. The van der Waals surface area contributed by atoms with Crippen LogP contribution in [0.15, 0.2) is 36.7 Å². The fourth-order valence-electron chi connectivity index (χ4n) is 1.61. The predicted molar refractivity (Wildman–Crippen MR) is 71.5 cm³/mol. The van der Waals surface area contributed by atoms with Gasteiger partial charge in [0, 0.05) is 18.1 Å². The molecule has 0 aliphatic rings. The zero-order valence-corrected chi connectivity index (χ0v) is 10.6. The molecule has 6 nitrogen and oxygen atoms in total. The number of urea groups is 1. The van der Waals surface area contributed by atoms with E-state index in [2.05, 4.69) is 20.6 Å². The van der Waals surface area contributed by atoms with Crippen molar-refractivity contribution in [2.24, 2.45) is 0 Å². The van der Waals surface area contributed by atoms with E-state index < -0.39 is 6.10 Å². The predicted octanol–water partition coefficient (Wildman–Crippen LogP) is 1.78. The van der Waals surface area contributed by atoms with Gasteiger partial charge in [0.2, 0.25) is 0 Å². The molecule has 1 atom stereocenters. The fourth-order valence-corrected chi connectivity index (χ4v) is 1.61. The van der Waals surface area contributed by atoms with Crippen LogP contribution in [-0.2, 0) is 6.54 Å². The van der Waals surface area contributed by atoms with E-state index >= 15 is 0 Å². The van der Waals surface area contributed by atoms with Crippen molar-refractivity contribution in [2.45, 2.75) is 19.6 Å². The Morgan fingerprint density at radius 3 is 3.05 bits per heavy atom. The normalized spacial score (nSPS) is 11.9. The van der Waals surface area contributed by atoms with Gasteiger partial charge >= 0.3 is 6.03 Å². The molecule has 6 heteroatoms. The van der Waals surface area contributed by atoms with Crippen molar-refractivity contribution in [1.82, 2.24) is 15.3 Å². The lowest BCUT2D eigenvalue weighted by atomic mass is 10.1. The van der Waals surface area contributed by atoms with Gasteiger partial charge in [-0.2, -0.15) is 0 Å². The van der Waals surface area contributed by atoms with Crippen LogP contribution in [0.5, 0.6) is 0 Å². The molecule has 0 aliphatic carbocycles. The number of nitrogens with zero attached hydrogens (tertiary/aromatic N) is 1. The summed E-state index contributed by atoms with van der Waals surface area (Å²) < 4.78 is 0. The van der Waals surface area contributed by atoms with Crippen molar-refractivity contribution in [1.29, 1.82) is 0 Å². The summed E-state index contributed by atoms with van der Waals surface area (Å²) >= 11 is 0. The lowest BCUT2D eigenvalue weighted by Crippen LogP contribution is -2.28. The van der Waals surface area contributed by atoms with Crippen LogP contribution in [0.1, 0.15) is 24.4 Å². The number of amides is 2. The first kappa shape index (κ1) is 13.1. The molecule has 0 aliphatic heterocycles. The number of hydrogen-bond acceptors (Lipinski definition) is 3. The second-order valence-corrected chi connectivity index (χ2v) is 4.14. The highest BCUT2D eigenvalue weighted by atomic mass is 16.3. The van der Waals surface area contributed by atoms with Gasteiger partial charge in [-0.25, -0.2) is 9.78 Å². The quantitative estimate of drug-likeness (QED) is 0.675. The maximum absolute atomic E-state index is 11.7. The standard InChI is InChI=1S/C13H16N4O2/c1-9(18)10-3-2-4-11(7-10)17-13(19)16-8-12-14-5-6-15-12/h2-7,9,18H,8H2,1H3,(H,14,15)(H2,16,17,19). The van der Waals surface area contributed by atoms with E-state index in [1.54, 1.807) is 43.6 Å². The Morgan fingerprint density at radius 2 is 2.37 bits per heavy atom. The van der Waals surface area contributed by atoms with Gasteiger partial charge in [0.05, 0.1) is 12.6 Å². The number of aromatic nitrogens is 2. The number of carbonyl (C=O) groups excluding carboxylic acids is 1. The molecular weight excluding hydrogens is 244 g/mol. The van der Waals surface area contributed by atoms with Crippen LogP contribution < -0.4 is 10.6 Å². The minimum atomic E-state index is -0.562. The molecule has 0 radical (unpaired) electrons. The maximum Gasteiger partial charge on any atom is 0.319 e. The van der Waals surface area contributed by atoms with Crippen LogP contribution in [0.25, 0.3) is 0 Å². The number of aliphatic hydroxyl groups excluding tert-OH is 1. The second kappa shape index (κ2) is 6.01. The molecule has 1 aromatic carbocycles. The lowest BCUT2D eigenvalue weighted by Gasteiger charge is -2.09. The van der Waals surface area contributed by atoms with E-state index in [1.165, 1.54) is 0 Å². The number of H-pyrrole nitrogens is 1. The molecule has 0 fully saturated rings. The molecule has 0 bridgehead atoms. The van der Waals surface area contributed by atoms with Crippen molar-refractivity contribution in [3.05, 3.63) is 48.0 Å². The van der Waals surface area contributed by atoms with Gasteiger partial charge < -0.3 is 20.7 Å². The molecule has 1 unspecified atom stereocenters. The summed E-state index contributed by atoms with van der Waals surface area (Å²) in [4.78, 5) is 18.6. The molecule has 4 N–H and O–H groups in total. The van der Waals surface area contributed by atoms with E-state index in [9.17, 15) is 9.90 Å². The second-order valence-electron chi connectivity index (χ2n) is 4.14. The van der Waals surface area contributed by atoms with Crippen molar-refractivity contribution in [2.75, 3.05) is 5.32 Å². The molecule has 2 amide bonds. The Bertz CT molecular complexity index is 537. The zero-order valence-electron chi connectivity index (χ0n) is 10.6. The molecule has 1 aromatic heterocycles. The molecule has 100 valence electrons. The van der Waals surface area contributed by atoms with Crippen molar-refractivity contribution < 1.29 is 9.90 Å². The highest BCUT2D eigenvalue weighted by Gasteiger charge is 2.05. The van der Waals surface area contributed by atoms with E-state index in [4.69, 9.17) is 0 Å². The van der Waals surface area contributed by atoms with E-state index in [0.29, 0.717) is 18.1 Å². The van der Waals surface area contributed by atoms with E-state index in [0.717, 1.165) is 5.56 Å². The maximum atomic E-state index is 11.7. The van der Waals surface area contributed by atoms with E-state index in [-0.39, 0.29) is 6.03 Å². The monoisotopic (exact) mass is 260 g/mol. The summed E-state index contributed by atoms with van der Waals surface area (Å²) in [6.45, 7) is 2.00. The third-order valence-corrected chi connectivity index (χ3v) is 2.60. The van der Waals surface area contributed by atoms with Gasteiger partial charge in [-0.1, -0.05) is 12.1 Å². The summed E-state index contributed by atoms with van der Waals surface area (Å²) in [5, 5.41) is 14.8. The highest BCUT2D eigenvalue weighted by molar-refractivity contribution is 5.89.